The molecule has 0 bridgehead atoms. The number of carbonyl (C=O) groups excluding carboxylic acids is 3. The number of alkyl carbamates (subject to hydrolysis) is 1. The quantitative estimate of drug-likeness (QED) is 0.398. The summed E-state index contributed by atoms with van der Waals surface area (Å²) in [6.07, 6.45) is 4.92. The Balaban J connectivity index is 2.35. The third-order valence-electron chi connectivity index (χ3n) is 6.01. The molecule has 1 aromatic rings. The van der Waals surface area contributed by atoms with Gasteiger partial charge in [0, 0.05) is 12.6 Å². The van der Waals surface area contributed by atoms with E-state index in [9.17, 15) is 24.6 Å². The zero-order valence-electron chi connectivity index (χ0n) is 21.4. The van der Waals surface area contributed by atoms with Crippen LogP contribution in [-0.4, -0.2) is 70.5 Å². The van der Waals surface area contributed by atoms with E-state index in [0.29, 0.717) is 5.56 Å². The van der Waals surface area contributed by atoms with Crippen molar-refractivity contribution in [1.82, 2.24) is 15.5 Å². The zero-order valence-corrected chi connectivity index (χ0v) is 21.4. The van der Waals surface area contributed by atoms with Gasteiger partial charge in [-0.25, -0.2) is 4.79 Å². The second-order valence-corrected chi connectivity index (χ2v) is 9.98. The van der Waals surface area contributed by atoms with E-state index in [1.807, 2.05) is 19.1 Å². The minimum absolute atomic E-state index is 0.0215. The molecule has 1 saturated carbocycles. The van der Waals surface area contributed by atoms with Crippen LogP contribution in [0.25, 0.3) is 0 Å². The van der Waals surface area contributed by atoms with Gasteiger partial charge in [0.25, 0.3) is 0 Å². The lowest BCUT2D eigenvalue weighted by atomic mass is 9.94. The van der Waals surface area contributed by atoms with Gasteiger partial charge in [-0.15, -0.1) is 0 Å². The molecular formula is C26H41N3O6. The van der Waals surface area contributed by atoms with Gasteiger partial charge in [0.1, 0.15) is 17.7 Å². The minimum atomic E-state index is -1.34. The first-order valence-electron chi connectivity index (χ1n) is 12.5. The number of aryl methyl sites for hydroxylation is 1. The number of amides is 3. The van der Waals surface area contributed by atoms with Crippen LogP contribution in [0.3, 0.4) is 0 Å². The molecule has 2 atom stereocenters. The molecule has 1 aromatic carbocycles. The van der Waals surface area contributed by atoms with E-state index in [-0.39, 0.29) is 18.5 Å². The third kappa shape index (κ3) is 8.81. The Morgan fingerprint density at radius 2 is 1.71 bits per heavy atom. The third-order valence-corrected chi connectivity index (χ3v) is 6.01. The second kappa shape index (κ2) is 13.4. The summed E-state index contributed by atoms with van der Waals surface area (Å²) < 4.78 is 5.22. The maximum atomic E-state index is 13.5. The molecule has 9 heteroatoms. The summed E-state index contributed by atoms with van der Waals surface area (Å²) in [6, 6.07) is 5.07. The Hall–Kier alpha value is -2.65. The smallest absolute Gasteiger partial charge is 0.408 e. The first-order chi connectivity index (χ1) is 16.6. The number of hydrogen-bond acceptors (Lipinski definition) is 6. The first-order valence-corrected chi connectivity index (χ1v) is 12.5. The number of hydrogen-bond donors (Lipinski definition) is 4. The van der Waals surface area contributed by atoms with Crippen molar-refractivity contribution in [3.63, 3.8) is 0 Å². The van der Waals surface area contributed by atoms with E-state index in [4.69, 9.17) is 4.74 Å². The van der Waals surface area contributed by atoms with Crippen molar-refractivity contribution in [2.45, 2.75) is 89.9 Å². The van der Waals surface area contributed by atoms with Gasteiger partial charge in [-0.05, 0) is 51.2 Å². The number of rotatable bonds is 10. The van der Waals surface area contributed by atoms with Crippen molar-refractivity contribution in [3.05, 3.63) is 35.4 Å². The van der Waals surface area contributed by atoms with E-state index < -0.39 is 42.9 Å². The summed E-state index contributed by atoms with van der Waals surface area (Å²) >= 11 is 0. The number of aliphatic hydroxyl groups excluding tert-OH is 2. The van der Waals surface area contributed by atoms with Crippen LogP contribution in [-0.2, 0) is 20.7 Å². The fourth-order valence-electron chi connectivity index (χ4n) is 4.25. The van der Waals surface area contributed by atoms with Gasteiger partial charge in [-0.3, -0.25) is 9.59 Å². The fraction of sp³-hybridized carbons (Fsp3) is 0.654. The molecule has 1 aliphatic rings. The lowest BCUT2D eigenvalue weighted by Gasteiger charge is -2.35. The topological polar surface area (TPSA) is 128 Å². The van der Waals surface area contributed by atoms with E-state index in [0.717, 1.165) is 44.1 Å². The largest absolute Gasteiger partial charge is 0.444 e. The number of aliphatic hydroxyl groups is 2. The Morgan fingerprint density at radius 1 is 1.09 bits per heavy atom. The molecule has 0 radical (unpaired) electrons. The van der Waals surface area contributed by atoms with Crippen molar-refractivity contribution in [2.24, 2.45) is 0 Å². The van der Waals surface area contributed by atoms with Gasteiger partial charge < -0.3 is 30.5 Å². The number of nitrogens with zero attached hydrogens (tertiary/aromatic N) is 1. The van der Waals surface area contributed by atoms with Crippen LogP contribution in [0.5, 0.6) is 0 Å². The molecule has 3 amide bonds. The molecule has 196 valence electrons. The van der Waals surface area contributed by atoms with Gasteiger partial charge in [0.2, 0.25) is 11.8 Å². The maximum absolute atomic E-state index is 13.5. The molecule has 0 spiro atoms. The van der Waals surface area contributed by atoms with Crippen molar-refractivity contribution in [1.29, 1.82) is 0 Å². The highest BCUT2D eigenvalue weighted by molar-refractivity contribution is 5.92. The molecule has 2 rings (SSSR count). The molecule has 0 saturated heterocycles. The van der Waals surface area contributed by atoms with Gasteiger partial charge >= 0.3 is 6.09 Å². The van der Waals surface area contributed by atoms with Crippen LogP contribution >= 0.6 is 0 Å². The maximum Gasteiger partial charge on any atom is 0.408 e. The average molecular weight is 492 g/mol. The van der Waals surface area contributed by atoms with Crippen LogP contribution in [0.1, 0.15) is 77.0 Å². The van der Waals surface area contributed by atoms with Gasteiger partial charge in [0.15, 0.2) is 0 Å². The normalized spacial score (nSPS) is 16.2. The lowest BCUT2D eigenvalue weighted by Crippen LogP contribution is -2.55. The van der Waals surface area contributed by atoms with E-state index in [1.54, 1.807) is 32.9 Å². The minimum Gasteiger partial charge on any atom is -0.444 e. The molecule has 0 heterocycles. The molecule has 0 aromatic heterocycles. The highest BCUT2D eigenvalue weighted by Crippen LogP contribution is 2.25. The van der Waals surface area contributed by atoms with E-state index >= 15 is 0 Å². The molecule has 1 aliphatic carbocycles. The van der Waals surface area contributed by atoms with Crippen LogP contribution in [0.15, 0.2) is 24.3 Å². The lowest BCUT2D eigenvalue weighted by molar-refractivity contribution is -0.144. The predicted molar refractivity (Wildman–Crippen MR) is 133 cm³/mol. The SMILES string of the molecule is CCc1ccc(C(C(=O)NC2CCCCC2)N(CCO)C(=O)C(CO)NC(=O)OC(C)(C)C)cc1. The summed E-state index contributed by atoms with van der Waals surface area (Å²) in [6.45, 7) is 5.86. The molecule has 9 nitrogen and oxygen atoms in total. The van der Waals surface area contributed by atoms with Crippen molar-refractivity contribution < 1.29 is 29.3 Å². The Morgan fingerprint density at radius 3 is 2.23 bits per heavy atom. The summed E-state index contributed by atoms with van der Waals surface area (Å²) in [4.78, 5) is 40.5. The highest BCUT2D eigenvalue weighted by Gasteiger charge is 2.36. The molecule has 2 unspecified atom stereocenters. The summed E-state index contributed by atoms with van der Waals surface area (Å²) in [5.41, 5.74) is 0.882. The molecule has 1 fully saturated rings. The number of benzene rings is 1. The zero-order chi connectivity index (χ0) is 26.0. The number of nitrogens with one attached hydrogen (secondary N) is 2. The van der Waals surface area contributed by atoms with E-state index in [1.165, 1.54) is 4.90 Å². The number of carbonyl (C=O) groups is 3. The highest BCUT2D eigenvalue weighted by atomic mass is 16.6. The Bertz CT molecular complexity index is 830. The van der Waals surface area contributed by atoms with Crippen molar-refractivity contribution >= 4 is 17.9 Å². The first kappa shape index (κ1) is 28.6. The van der Waals surface area contributed by atoms with Gasteiger partial charge in [0.05, 0.1) is 13.2 Å². The summed E-state index contributed by atoms with van der Waals surface area (Å²) in [5.74, 6) is -1.03. The second-order valence-electron chi connectivity index (χ2n) is 9.98. The van der Waals surface area contributed by atoms with Crippen LogP contribution in [0.4, 0.5) is 4.79 Å². The predicted octanol–water partition coefficient (Wildman–Crippen LogP) is 2.45. The van der Waals surface area contributed by atoms with Crippen molar-refractivity contribution in [3.8, 4) is 0 Å². The standard InChI is InChI=1S/C26H41N3O6/c1-5-18-11-13-19(14-12-18)22(23(32)27-20-9-7-6-8-10-20)29(15-16-30)24(33)21(17-31)28-25(34)35-26(2,3)4/h11-14,20-22,30-31H,5-10,15-17H2,1-4H3,(H,27,32)(H,28,34). The summed E-state index contributed by atoms with van der Waals surface area (Å²) in [5, 5.41) is 25.1. The Labute approximate surface area is 208 Å². The molecule has 0 aliphatic heterocycles. The molecular weight excluding hydrogens is 450 g/mol. The Kier molecular flexibility index (Phi) is 11.0. The molecule has 4 N–H and O–H groups in total. The fourth-order valence-corrected chi connectivity index (χ4v) is 4.25. The molecule has 35 heavy (non-hydrogen) atoms. The summed E-state index contributed by atoms with van der Waals surface area (Å²) in [7, 11) is 0. The van der Waals surface area contributed by atoms with Crippen LogP contribution in [0.2, 0.25) is 0 Å². The van der Waals surface area contributed by atoms with Crippen LogP contribution < -0.4 is 10.6 Å². The van der Waals surface area contributed by atoms with Crippen molar-refractivity contribution in [2.75, 3.05) is 19.8 Å². The van der Waals surface area contributed by atoms with E-state index in [2.05, 4.69) is 10.6 Å². The van der Waals surface area contributed by atoms with Gasteiger partial charge in [-0.2, -0.15) is 0 Å². The van der Waals surface area contributed by atoms with Crippen LogP contribution in [0, 0.1) is 0 Å². The van der Waals surface area contributed by atoms with Gasteiger partial charge in [-0.1, -0.05) is 50.5 Å². The monoisotopic (exact) mass is 491 g/mol. The average Bonchev–Trinajstić information content (AvgIpc) is 2.81. The number of ether oxygens (including phenoxy) is 1.